The van der Waals surface area contributed by atoms with Gasteiger partial charge in [-0.15, -0.1) is 23.1 Å². The summed E-state index contributed by atoms with van der Waals surface area (Å²) in [5.74, 6) is -3.37. The maximum Gasteiger partial charge on any atom is 0.303 e. The highest BCUT2D eigenvalue weighted by Gasteiger charge is 2.20. The minimum atomic E-state index is -1.07. The summed E-state index contributed by atoms with van der Waals surface area (Å²) in [5.41, 5.74) is 0.897. The number of nitrogens with zero attached hydrogens (tertiary/aromatic N) is 2. The number of thiazole rings is 1. The van der Waals surface area contributed by atoms with E-state index in [0.29, 0.717) is 16.2 Å². The molecule has 0 saturated heterocycles. The van der Waals surface area contributed by atoms with E-state index >= 15 is 0 Å². The number of carbonyl (C=O) groups is 2. The molecule has 0 spiro atoms. The summed E-state index contributed by atoms with van der Waals surface area (Å²) in [5, 5.41) is 9.29. The van der Waals surface area contributed by atoms with Crippen molar-refractivity contribution in [3.63, 3.8) is 0 Å². The topological polar surface area (TPSA) is 70.5 Å². The maximum absolute atomic E-state index is 14.0. The minimum Gasteiger partial charge on any atom is -0.481 e. The predicted octanol–water partition coefficient (Wildman–Crippen LogP) is 4.69. The second-order valence-electron chi connectivity index (χ2n) is 5.89. The Morgan fingerprint density at radius 1 is 1.14 bits per heavy atom. The highest BCUT2D eigenvalue weighted by Crippen LogP contribution is 2.29. The van der Waals surface area contributed by atoms with Crippen LogP contribution in [0.4, 0.5) is 14.5 Å². The molecule has 0 bridgehead atoms. The van der Waals surface area contributed by atoms with Gasteiger partial charge >= 0.3 is 5.97 Å². The second kappa shape index (κ2) is 8.66. The number of fused-ring (bicyclic) bond motifs is 1. The number of aliphatic carboxylic acids is 1. The van der Waals surface area contributed by atoms with Crippen molar-refractivity contribution in [3.8, 4) is 0 Å². The van der Waals surface area contributed by atoms with E-state index in [0.717, 1.165) is 22.3 Å². The first-order valence-electron chi connectivity index (χ1n) is 8.28. The van der Waals surface area contributed by atoms with Gasteiger partial charge in [-0.25, -0.2) is 13.8 Å². The fourth-order valence-electron chi connectivity index (χ4n) is 2.62. The molecule has 0 aliphatic heterocycles. The number of hydrogen-bond donors (Lipinski definition) is 1. The van der Waals surface area contributed by atoms with E-state index in [1.54, 1.807) is 23.9 Å². The number of carboxylic acids is 1. The fourth-order valence-corrected chi connectivity index (χ4v) is 4.01. The van der Waals surface area contributed by atoms with Gasteiger partial charge in [-0.1, -0.05) is 0 Å². The maximum atomic E-state index is 14.0. The first kappa shape index (κ1) is 20.2. The Morgan fingerprint density at radius 3 is 2.50 bits per heavy atom. The van der Waals surface area contributed by atoms with Crippen LogP contribution in [0.5, 0.6) is 0 Å². The van der Waals surface area contributed by atoms with Crippen LogP contribution in [0.1, 0.15) is 17.8 Å². The van der Waals surface area contributed by atoms with Gasteiger partial charge < -0.3 is 10.0 Å². The lowest BCUT2D eigenvalue weighted by molar-refractivity contribution is -0.138. The number of anilines is 1. The zero-order valence-corrected chi connectivity index (χ0v) is 16.4. The number of carboxylic acid groups (broad SMARTS) is 1. The molecule has 3 rings (SSSR count). The van der Waals surface area contributed by atoms with Gasteiger partial charge in [0.15, 0.2) is 11.6 Å². The summed E-state index contributed by atoms with van der Waals surface area (Å²) in [6.07, 6.45) is 1.46. The lowest BCUT2D eigenvalue weighted by atomic mass is 10.2. The predicted molar refractivity (Wildman–Crippen MR) is 106 cm³/mol. The van der Waals surface area contributed by atoms with Gasteiger partial charge in [-0.2, -0.15) is 0 Å². The Balaban J connectivity index is 1.92. The lowest BCUT2D eigenvalue weighted by Gasteiger charge is -2.22. The number of halogens is 2. The second-order valence-corrected chi connectivity index (χ2v) is 7.85. The van der Waals surface area contributed by atoms with E-state index in [1.807, 2.05) is 18.4 Å². The van der Waals surface area contributed by atoms with Crippen LogP contribution in [0.3, 0.4) is 0 Å². The van der Waals surface area contributed by atoms with E-state index in [2.05, 4.69) is 4.98 Å². The molecule has 0 radical (unpaired) electrons. The minimum absolute atomic E-state index is 0.0392. The van der Waals surface area contributed by atoms with Crippen molar-refractivity contribution in [2.45, 2.75) is 24.3 Å². The van der Waals surface area contributed by atoms with Gasteiger partial charge in [0.2, 0.25) is 5.91 Å². The third-order valence-corrected chi connectivity index (χ3v) is 5.82. The number of carbonyl (C=O) groups excluding carboxylic acids is 1. The van der Waals surface area contributed by atoms with Crippen LogP contribution in [0.15, 0.2) is 41.3 Å². The van der Waals surface area contributed by atoms with Crippen LogP contribution in [0.25, 0.3) is 10.2 Å². The number of hydrogen-bond acceptors (Lipinski definition) is 5. The summed E-state index contributed by atoms with van der Waals surface area (Å²) >= 11 is 2.52. The molecule has 1 amide bonds. The van der Waals surface area contributed by atoms with E-state index in [-0.39, 0.29) is 30.0 Å². The summed E-state index contributed by atoms with van der Waals surface area (Å²) in [4.78, 5) is 30.2. The molecule has 0 fully saturated rings. The molecule has 3 aromatic rings. The van der Waals surface area contributed by atoms with Gasteiger partial charge in [-0.3, -0.25) is 9.59 Å². The molecule has 0 unspecified atom stereocenters. The van der Waals surface area contributed by atoms with E-state index < -0.39 is 17.6 Å². The molecule has 1 heterocycles. The van der Waals surface area contributed by atoms with Gasteiger partial charge in [-0.05, 0) is 42.7 Å². The summed E-state index contributed by atoms with van der Waals surface area (Å²) < 4.78 is 27.5. The van der Waals surface area contributed by atoms with Crippen molar-refractivity contribution in [2.75, 3.05) is 11.2 Å². The largest absolute Gasteiger partial charge is 0.481 e. The first-order chi connectivity index (χ1) is 13.4. The monoisotopic (exact) mass is 422 g/mol. The number of amides is 1. The standard InChI is InChI=1S/C19H16F2N2O3S2/c1-27-12-4-2-11(3-5-12)23(16(24)8-9-17(25)26)10-15-22-14-7-6-13(20)18(21)19(14)28-15/h2-7H,8-10H2,1H3,(H,25,26). The molecule has 0 aliphatic carbocycles. The van der Waals surface area contributed by atoms with Crippen LogP contribution in [-0.4, -0.2) is 28.2 Å². The van der Waals surface area contributed by atoms with Crippen molar-refractivity contribution < 1.29 is 23.5 Å². The van der Waals surface area contributed by atoms with Crippen LogP contribution in [0, 0.1) is 11.6 Å². The molecule has 28 heavy (non-hydrogen) atoms. The number of thioether (sulfide) groups is 1. The molecule has 1 N–H and O–H groups in total. The summed E-state index contributed by atoms with van der Waals surface area (Å²) in [7, 11) is 0. The molecule has 2 aromatic carbocycles. The molecule has 0 saturated carbocycles. The zero-order valence-electron chi connectivity index (χ0n) is 14.8. The third-order valence-electron chi connectivity index (χ3n) is 4.03. The average molecular weight is 422 g/mol. The van der Waals surface area contributed by atoms with Crippen LogP contribution in [0.2, 0.25) is 0 Å². The third kappa shape index (κ3) is 4.48. The highest BCUT2D eigenvalue weighted by molar-refractivity contribution is 7.98. The van der Waals surface area contributed by atoms with Gasteiger partial charge in [0.25, 0.3) is 0 Å². The van der Waals surface area contributed by atoms with Crippen LogP contribution in [-0.2, 0) is 16.1 Å². The normalized spacial score (nSPS) is 11.0. The molecular weight excluding hydrogens is 406 g/mol. The van der Waals surface area contributed by atoms with Crippen molar-refractivity contribution in [2.24, 2.45) is 0 Å². The number of benzene rings is 2. The highest BCUT2D eigenvalue weighted by atomic mass is 32.2. The van der Waals surface area contributed by atoms with Gasteiger partial charge in [0.05, 0.1) is 23.2 Å². The number of rotatable bonds is 7. The van der Waals surface area contributed by atoms with Crippen molar-refractivity contribution >= 4 is 50.9 Å². The lowest BCUT2D eigenvalue weighted by Crippen LogP contribution is -2.30. The average Bonchev–Trinajstić information content (AvgIpc) is 3.11. The molecule has 1 aromatic heterocycles. The van der Waals surface area contributed by atoms with Crippen molar-refractivity contribution in [1.29, 1.82) is 0 Å². The van der Waals surface area contributed by atoms with Crippen LogP contribution >= 0.6 is 23.1 Å². The SMILES string of the molecule is CSc1ccc(N(Cc2nc3ccc(F)c(F)c3s2)C(=O)CCC(=O)O)cc1. The fraction of sp³-hybridized carbons (Fsp3) is 0.211. The first-order valence-corrected chi connectivity index (χ1v) is 10.3. The Hall–Kier alpha value is -2.52. The van der Waals surface area contributed by atoms with Gasteiger partial charge in [0.1, 0.15) is 5.01 Å². The molecule has 0 aliphatic rings. The van der Waals surface area contributed by atoms with E-state index in [9.17, 15) is 18.4 Å². The Bertz CT molecular complexity index is 1020. The Kier molecular flexibility index (Phi) is 6.25. The van der Waals surface area contributed by atoms with E-state index in [4.69, 9.17) is 5.11 Å². The Morgan fingerprint density at radius 2 is 1.86 bits per heavy atom. The van der Waals surface area contributed by atoms with Crippen molar-refractivity contribution in [1.82, 2.24) is 4.98 Å². The van der Waals surface area contributed by atoms with Gasteiger partial charge in [0, 0.05) is 17.0 Å². The zero-order chi connectivity index (χ0) is 20.3. The quantitative estimate of drug-likeness (QED) is 0.559. The summed E-state index contributed by atoms with van der Waals surface area (Å²) in [6, 6.07) is 9.63. The smallest absolute Gasteiger partial charge is 0.303 e. The molecular formula is C19H16F2N2O3S2. The summed E-state index contributed by atoms with van der Waals surface area (Å²) in [6.45, 7) is 0.0392. The van der Waals surface area contributed by atoms with E-state index in [1.165, 1.54) is 11.0 Å². The Labute approximate surface area is 168 Å². The number of aromatic nitrogens is 1. The van der Waals surface area contributed by atoms with Crippen molar-refractivity contribution in [3.05, 3.63) is 53.0 Å². The molecule has 5 nitrogen and oxygen atoms in total. The van der Waals surface area contributed by atoms with Crippen LogP contribution < -0.4 is 4.90 Å². The molecule has 146 valence electrons. The molecule has 0 atom stereocenters. The molecule has 9 heteroatoms.